The van der Waals surface area contributed by atoms with Crippen molar-refractivity contribution < 1.29 is 38.1 Å². The van der Waals surface area contributed by atoms with Crippen LogP contribution in [0, 0.1) is 0 Å². The molecule has 1 N–H and O–H groups in total. The number of nitrogens with one attached hydrogen (secondary N) is 1. The molecule has 0 aliphatic rings. The minimum Gasteiger partial charge on any atom is -0.323 e. The molecule has 0 aliphatic heterocycles. The van der Waals surface area contributed by atoms with Gasteiger partial charge in [0.15, 0.2) is 0 Å². The first kappa shape index (κ1) is 30.1. The molecule has 0 aromatic rings. The molecule has 0 atom stereocenters. The number of rotatable bonds is 9. The third-order valence-electron chi connectivity index (χ3n) is 3.02. The summed E-state index contributed by atoms with van der Waals surface area (Å²) in [4.78, 5) is 60.2. The fourth-order valence-electron chi connectivity index (χ4n) is 1.16. The van der Waals surface area contributed by atoms with Crippen LogP contribution in [-0.2, 0) is 14.5 Å². The maximum atomic E-state index is 12.5. The summed E-state index contributed by atoms with van der Waals surface area (Å²) < 4.78 is 15.8. The normalized spacial score (nSPS) is 11.2. The molecule has 4 amide bonds. The van der Waals surface area contributed by atoms with Crippen molar-refractivity contribution in [3.8, 4) is 0 Å². The van der Waals surface area contributed by atoms with Gasteiger partial charge >= 0.3 is 24.4 Å². The first-order valence-corrected chi connectivity index (χ1v) is 11.2. The molecule has 0 unspecified atom stereocenters. The van der Waals surface area contributed by atoms with Gasteiger partial charge in [0.05, 0.1) is 30.0 Å². The average molecular weight is 530 g/mol. The van der Waals surface area contributed by atoms with Gasteiger partial charge in [-0.15, -0.1) is 16.2 Å². The Morgan fingerprint density at radius 2 is 1.30 bits per heavy atom. The molecule has 14 nitrogen and oxygen atoms in total. The van der Waals surface area contributed by atoms with Crippen molar-refractivity contribution in [1.29, 1.82) is 0 Å². The zero-order valence-corrected chi connectivity index (χ0v) is 21.3. The topological polar surface area (TPSA) is 146 Å². The molecule has 0 rings (SSSR count). The molecule has 0 aromatic carbocycles. The Labute approximate surface area is 202 Å². The van der Waals surface area contributed by atoms with Gasteiger partial charge in [0, 0.05) is 28.2 Å². The Morgan fingerprint density at radius 1 is 0.848 bits per heavy atom. The maximum Gasteiger partial charge on any atom is 0.447 e. The molecule has 0 saturated carbocycles. The number of hydroxylamine groups is 1. The first-order valence-electron chi connectivity index (χ1n) is 8.51. The fourth-order valence-corrected chi connectivity index (χ4v) is 2.38. The highest BCUT2D eigenvalue weighted by atomic mass is 32.2. The van der Waals surface area contributed by atoms with Crippen LogP contribution in [0.5, 0.6) is 0 Å². The molecule has 0 aromatic heterocycles. The zero-order valence-electron chi connectivity index (χ0n) is 18.9. The lowest BCUT2D eigenvalue weighted by atomic mass is 10.3. The van der Waals surface area contributed by atoms with E-state index in [2.05, 4.69) is 32.0 Å². The molecule has 18 heteroatoms. The summed E-state index contributed by atoms with van der Waals surface area (Å²) in [7, 11) is 5.02. The minimum atomic E-state index is -1.76. The van der Waals surface area contributed by atoms with Crippen molar-refractivity contribution in [3.05, 3.63) is 12.3 Å². The molecule has 33 heavy (non-hydrogen) atoms. The first-order chi connectivity index (χ1) is 15.3. The number of nitrogens with zero attached hydrogens (tertiary/aromatic N) is 6. The van der Waals surface area contributed by atoms with Gasteiger partial charge in [-0.1, -0.05) is 16.9 Å². The van der Waals surface area contributed by atoms with Crippen LogP contribution in [0.3, 0.4) is 0 Å². The molecule has 0 fully saturated rings. The van der Waals surface area contributed by atoms with Crippen molar-refractivity contribution in [3.63, 3.8) is 0 Å². The summed E-state index contributed by atoms with van der Waals surface area (Å²) in [5, 5.41) is 7.61. The molecule has 0 spiro atoms. The van der Waals surface area contributed by atoms with Crippen LogP contribution in [0.15, 0.2) is 22.6 Å². The van der Waals surface area contributed by atoms with Crippen molar-refractivity contribution in [2.75, 3.05) is 34.4 Å². The van der Waals surface area contributed by atoms with E-state index in [9.17, 15) is 23.6 Å². The van der Waals surface area contributed by atoms with Crippen LogP contribution in [0.2, 0.25) is 0 Å². The third-order valence-corrected chi connectivity index (χ3v) is 5.25. The van der Waals surface area contributed by atoms with E-state index in [0.29, 0.717) is 33.6 Å². The van der Waals surface area contributed by atoms with E-state index in [-0.39, 0.29) is 11.4 Å². The van der Waals surface area contributed by atoms with Crippen molar-refractivity contribution in [2.45, 2.75) is 13.8 Å². The third kappa shape index (κ3) is 12.1. The van der Waals surface area contributed by atoms with E-state index in [1.54, 1.807) is 13.2 Å². The second-order valence-electron chi connectivity index (χ2n) is 5.56. The predicted molar refractivity (Wildman–Crippen MR) is 124 cm³/mol. The van der Waals surface area contributed by atoms with Gasteiger partial charge in [-0.05, 0) is 20.1 Å². The Hall–Kier alpha value is -2.86. The summed E-state index contributed by atoms with van der Waals surface area (Å²) in [6, 6.07) is 0. The van der Waals surface area contributed by atoms with Gasteiger partial charge in [-0.25, -0.2) is 41.9 Å². The van der Waals surface area contributed by atoms with Crippen LogP contribution >= 0.6 is 36.0 Å². The molecule has 186 valence electrons. The molecule has 0 heterocycles. The summed E-state index contributed by atoms with van der Waals surface area (Å²) in [6.07, 6.45) is -2.74. The summed E-state index contributed by atoms with van der Waals surface area (Å²) in [5.41, 5.74) is 2.21. The highest BCUT2D eigenvalue weighted by Gasteiger charge is 2.20. The smallest absolute Gasteiger partial charge is 0.323 e. The Morgan fingerprint density at radius 3 is 1.79 bits per heavy atom. The van der Waals surface area contributed by atoms with Crippen LogP contribution in [0.25, 0.3) is 0 Å². The lowest BCUT2D eigenvalue weighted by Gasteiger charge is -2.20. The van der Waals surface area contributed by atoms with Gasteiger partial charge in [-0.3, -0.25) is 9.68 Å². The Bertz CT molecular complexity index is 815. The second kappa shape index (κ2) is 15.1. The van der Waals surface area contributed by atoms with Gasteiger partial charge in [0.2, 0.25) is 0 Å². The number of allylic oxidation sites excluding steroid dienone is 1. The second-order valence-corrected chi connectivity index (χ2v) is 9.08. The minimum absolute atomic E-state index is 0.0301. The zero-order chi connectivity index (χ0) is 25.7. The van der Waals surface area contributed by atoms with Crippen molar-refractivity contribution >= 4 is 71.2 Å². The highest BCUT2D eigenvalue weighted by molar-refractivity contribution is 8.13. The van der Waals surface area contributed by atoms with Crippen LogP contribution in [0.1, 0.15) is 13.8 Å². The van der Waals surface area contributed by atoms with Gasteiger partial charge in [0.25, 0.3) is 0 Å². The predicted octanol–water partition coefficient (Wildman–Crippen LogP) is 3.43. The number of thioether (sulfide) groups is 1. The van der Waals surface area contributed by atoms with Crippen molar-refractivity contribution in [2.24, 2.45) is 10.3 Å². The molecule has 0 aliphatic carbocycles. The van der Waals surface area contributed by atoms with Gasteiger partial charge < -0.3 is 4.84 Å². The Kier molecular flexibility index (Phi) is 13.8. The van der Waals surface area contributed by atoms with Crippen molar-refractivity contribution in [1.82, 2.24) is 22.7 Å². The number of amides is 4. The largest absolute Gasteiger partial charge is 0.447 e. The lowest BCUT2D eigenvalue weighted by Crippen LogP contribution is -2.33. The van der Waals surface area contributed by atoms with E-state index in [1.165, 1.54) is 39.8 Å². The maximum absolute atomic E-state index is 12.5. The number of hydrogen-bond donors (Lipinski definition) is 1. The number of halogens is 1. The van der Waals surface area contributed by atoms with E-state index >= 15 is 0 Å². The number of carbonyl (C=O) groups is 4. The quantitative estimate of drug-likeness (QED) is 0.0891. The van der Waals surface area contributed by atoms with Crippen LogP contribution in [-0.4, -0.2) is 86.9 Å². The highest BCUT2D eigenvalue weighted by Crippen LogP contribution is 2.16. The molecular weight excluding hydrogens is 505 g/mol. The average Bonchev–Trinajstić information content (AvgIpc) is 2.77. The number of hydrogen-bond acceptors (Lipinski definition) is 13. The lowest BCUT2D eigenvalue weighted by molar-refractivity contribution is 0.0945. The Balaban J connectivity index is 4.57. The fraction of sp³-hybridized carbons (Fsp3) is 0.467. The SMILES string of the molecule is C=C(NOC(=O)N(C)SN(C)C(=O)ON=C(C)SC)C(C)=NOC(=O)N(C)SN(C)C(=O)F. The van der Waals surface area contributed by atoms with Gasteiger partial charge in [-0.2, -0.15) is 0 Å². The van der Waals surface area contributed by atoms with Crippen LogP contribution in [0.4, 0.5) is 23.6 Å². The monoisotopic (exact) mass is 529 g/mol. The van der Waals surface area contributed by atoms with Gasteiger partial charge in [0.1, 0.15) is 10.8 Å². The van der Waals surface area contributed by atoms with Crippen LogP contribution < -0.4 is 5.48 Å². The molecular formula is C15H24FN7O7S3. The summed E-state index contributed by atoms with van der Waals surface area (Å²) in [5.74, 6) is 0. The van der Waals surface area contributed by atoms with E-state index in [1.807, 2.05) is 0 Å². The number of carbonyl (C=O) groups excluding carboxylic acids is 4. The molecule has 0 bridgehead atoms. The molecule has 0 saturated heterocycles. The molecule has 0 radical (unpaired) electrons. The number of oxime groups is 2. The van der Waals surface area contributed by atoms with E-state index in [4.69, 9.17) is 4.84 Å². The van der Waals surface area contributed by atoms with E-state index in [0.717, 1.165) is 20.0 Å². The standard InChI is InChI=1S/C15H24FN7O7S3/c1-9(17-28-13(25)21(5)32-20(4)12(16)24)10(2)18-29-14(26)22(6)33-23(7)15(27)30-19-11(3)31-8/h18H,2H2,1,3-8H3. The summed E-state index contributed by atoms with van der Waals surface area (Å²) >= 11 is 2.41. The summed E-state index contributed by atoms with van der Waals surface area (Å²) in [6.45, 7) is 6.61. The van der Waals surface area contributed by atoms with E-state index < -0.39 is 24.4 Å².